The molecule has 0 fully saturated rings. The summed E-state index contributed by atoms with van der Waals surface area (Å²) in [6.07, 6.45) is 6.22. The second-order valence-corrected chi connectivity index (χ2v) is 6.84. The van der Waals surface area contributed by atoms with Gasteiger partial charge >= 0.3 is 0 Å². The van der Waals surface area contributed by atoms with E-state index in [-0.39, 0.29) is 12.5 Å². The summed E-state index contributed by atoms with van der Waals surface area (Å²) in [6, 6.07) is 9.26. The van der Waals surface area contributed by atoms with Crippen LogP contribution in [0.5, 0.6) is 0 Å². The zero-order valence-electron chi connectivity index (χ0n) is 12.1. The maximum atomic E-state index is 12.0. The van der Waals surface area contributed by atoms with Crippen molar-refractivity contribution in [3.63, 3.8) is 0 Å². The summed E-state index contributed by atoms with van der Waals surface area (Å²) in [4.78, 5) is 13.8. The first-order valence-corrected chi connectivity index (χ1v) is 8.73. The molecule has 3 rings (SSSR count). The first-order chi connectivity index (χ1) is 11.2. The Morgan fingerprint density at radius 3 is 2.74 bits per heavy atom. The third kappa shape index (κ3) is 3.61. The largest absolute Gasteiger partial charge is 0.472 e. The predicted octanol–water partition coefficient (Wildman–Crippen LogP) is 3.47. The predicted molar refractivity (Wildman–Crippen MR) is 92.4 cm³/mol. The number of rotatable bonds is 6. The second-order valence-electron chi connectivity index (χ2n) is 4.92. The first-order valence-electron chi connectivity index (χ1n) is 6.97. The Balaban J connectivity index is 1.71. The highest BCUT2D eigenvalue weighted by atomic mass is 32.1. The average Bonchev–Trinajstić information content (AvgIpc) is 3.33. The molecule has 0 aliphatic carbocycles. The van der Waals surface area contributed by atoms with Gasteiger partial charge in [-0.2, -0.15) is 0 Å². The molecule has 0 spiro atoms. The maximum absolute atomic E-state index is 12.0. The molecule has 0 unspecified atom stereocenters. The van der Waals surface area contributed by atoms with Crippen LogP contribution < -0.4 is 5.32 Å². The molecule has 3 aromatic rings. The zero-order valence-corrected chi connectivity index (χ0v) is 13.8. The van der Waals surface area contributed by atoms with Crippen molar-refractivity contribution in [3.8, 4) is 0 Å². The Kier molecular flexibility index (Phi) is 4.76. The van der Waals surface area contributed by atoms with Gasteiger partial charge in [0.1, 0.15) is 5.60 Å². The lowest BCUT2D eigenvalue weighted by atomic mass is 9.94. The van der Waals surface area contributed by atoms with Crippen molar-refractivity contribution in [1.29, 1.82) is 0 Å². The Morgan fingerprint density at radius 2 is 2.09 bits per heavy atom. The first kappa shape index (κ1) is 15.7. The molecule has 0 saturated heterocycles. The lowest BCUT2D eigenvalue weighted by Gasteiger charge is -2.26. The van der Waals surface area contributed by atoms with Gasteiger partial charge in [0, 0.05) is 21.4 Å². The number of hydrogen-bond donors (Lipinski definition) is 2. The molecule has 3 heterocycles. The summed E-state index contributed by atoms with van der Waals surface area (Å²) >= 11 is 2.99. The van der Waals surface area contributed by atoms with Gasteiger partial charge in [-0.05, 0) is 35.0 Å². The number of aliphatic hydroxyl groups is 1. The van der Waals surface area contributed by atoms with Crippen LogP contribution in [-0.2, 0) is 10.4 Å². The molecule has 0 aliphatic heterocycles. The van der Waals surface area contributed by atoms with Crippen LogP contribution in [0.2, 0.25) is 0 Å². The van der Waals surface area contributed by atoms with E-state index in [4.69, 9.17) is 4.42 Å². The lowest BCUT2D eigenvalue weighted by molar-refractivity contribution is -0.117. The van der Waals surface area contributed by atoms with Gasteiger partial charge in [0.25, 0.3) is 0 Å². The van der Waals surface area contributed by atoms with Gasteiger partial charge in [-0.25, -0.2) is 0 Å². The molecule has 0 aromatic carbocycles. The monoisotopic (exact) mass is 345 g/mol. The highest BCUT2D eigenvalue weighted by molar-refractivity contribution is 7.10. The summed E-state index contributed by atoms with van der Waals surface area (Å²) in [7, 11) is 0. The maximum Gasteiger partial charge on any atom is 0.244 e. The number of carbonyl (C=O) groups is 1. The van der Waals surface area contributed by atoms with Crippen LogP contribution in [0.1, 0.15) is 15.3 Å². The van der Waals surface area contributed by atoms with E-state index < -0.39 is 5.60 Å². The molecule has 0 saturated carbocycles. The molecule has 2 N–H and O–H groups in total. The van der Waals surface area contributed by atoms with Crippen LogP contribution in [-0.4, -0.2) is 17.6 Å². The molecule has 0 aliphatic rings. The van der Waals surface area contributed by atoms with E-state index in [9.17, 15) is 9.90 Å². The van der Waals surface area contributed by atoms with E-state index in [0.29, 0.717) is 5.56 Å². The van der Waals surface area contributed by atoms with Gasteiger partial charge in [0.05, 0.1) is 19.1 Å². The molecule has 118 valence electrons. The van der Waals surface area contributed by atoms with E-state index in [0.717, 1.165) is 9.75 Å². The summed E-state index contributed by atoms with van der Waals surface area (Å²) in [5, 5.41) is 17.6. The van der Waals surface area contributed by atoms with Crippen LogP contribution in [0.4, 0.5) is 0 Å². The number of nitrogens with one attached hydrogen (secondary N) is 1. The number of amides is 1. The van der Waals surface area contributed by atoms with E-state index in [1.165, 1.54) is 29.9 Å². The smallest absolute Gasteiger partial charge is 0.244 e. The topological polar surface area (TPSA) is 62.5 Å². The van der Waals surface area contributed by atoms with Crippen LogP contribution in [0.25, 0.3) is 6.08 Å². The Hall–Kier alpha value is -2.15. The fourth-order valence-electron chi connectivity index (χ4n) is 2.16. The molecular formula is C17H15NO3S2. The number of furan rings is 1. The van der Waals surface area contributed by atoms with Crippen molar-refractivity contribution in [3.05, 3.63) is 75.0 Å². The van der Waals surface area contributed by atoms with Crippen molar-refractivity contribution < 1.29 is 14.3 Å². The van der Waals surface area contributed by atoms with Gasteiger partial charge in [0.2, 0.25) is 5.91 Å². The Labute approximate surface area is 141 Å². The minimum Gasteiger partial charge on any atom is -0.472 e. The average molecular weight is 345 g/mol. The van der Waals surface area contributed by atoms with Crippen LogP contribution in [0, 0.1) is 0 Å². The van der Waals surface area contributed by atoms with Gasteiger partial charge < -0.3 is 14.8 Å². The van der Waals surface area contributed by atoms with Crippen LogP contribution >= 0.6 is 22.7 Å². The van der Waals surface area contributed by atoms with E-state index in [2.05, 4.69) is 5.32 Å². The third-order valence-electron chi connectivity index (χ3n) is 3.39. The zero-order chi connectivity index (χ0) is 16.1. The molecule has 1 atom stereocenters. The van der Waals surface area contributed by atoms with Crippen LogP contribution in [0.3, 0.4) is 0 Å². The highest BCUT2D eigenvalue weighted by Gasteiger charge is 2.34. The minimum absolute atomic E-state index is 0.0701. The van der Waals surface area contributed by atoms with Crippen molar-refractivity contribution in [1.82, 2.24) is 5.32 Å². The lowest BCUT2D eigenvalue weighted by Crippen LogP contribution is -2.40. The van der Waals surface area contributed by atoms with Crippen molar-refractivity contribution in [2.24, 2.45) is 0 Å². The quantitative estimate of drug-likeness (QED) is 0.673. The Bertz CT molecular complexity index is 725. The minimum atomic E-state index is -1.30. The van der Waals surface area contributed by atoms with E-state index >= 15 is 0 Å². The van der Waals surface area contributed by atoms with Gasteiger partial charge in [-0.1, -0.05) is 12.1 Å². The summed E-state index contributed by atoms with van der Waals surface area (Å²) in [5.74, 6) is -0.253. The second kappa shape index (κ2) is 6.95. The van der Waals surface area contributed by atoms with Crippen molar-refractivity contribution in [2.45, 2.75) is 5.60 Å². The SMILES string of the molecule is O=C(/C=C/c1cccs1)NC[C@](O)(c1ccoc1)c1cccs1. The highest BCUT2D eigenvalue weighted by Crippen LogP contribution is 2.32. The summed E-state index contributed by atoms with van der Waals surface area (Å²) in [5.41, 5.74) is -0.685. The molecule has 1 amide bonds. The molecule has 0 bridgehead atoms. The van der Waals surface area contributed by atoms with Gasteiger partial charge in [-0.3, -0.25) is 4.79 Å². The third-order valence-corrected chi connectivity index (χ3v) is 5.25. The summed E-state index contributed by atoms with van der Waals surface area (Å²) in [6.45, 7) is 0.0701. The van der Waals surface area contributed by atoms with E-state index in [1.54, 1.807) is 23.5 Å². The molecule has 23 heavy (non-hydrogen) atoms. The van der Waals surface area contributed by atoms with Crippen molar-refractivity contribution in [2.75, 3.05) is 6.54 Å². The molecular weight excluding hydrogens is 330 g/mol. The number of hydrogen-bond acceptors (Lipinski definition) is 5. The molecule has 4 nitrogen and oxygen atoms in total. The van der Waals surface area contributed by atoms with E-state index in [1.807, 2.05) is 35.0 Å². The van der Waals surface area contributed by atoms with Gasteiger partial charge in [0.15, 0.2) is 0 Å². The van der Waals surface area contributed by atoms with Crippen molar-refractivity contribution >= 4 is 34.7 Å². The fraction of sp³-hybridized carbons (Fsp3) is 0.118. The number of carbonyl (C=O) groups excluding carboxylic acids is 1. The standard InChI is InChI=1S/C17H15NO3S2/c19-16(6-5-14-3-1-9-22-14)18-12-17(20,13-7-8-21-11-13)15-4-2-10-23-15/h1-11,20H,12H2,(H,18,19)/b6-5+/t17-/m0/s1. The van der Waals surface area contributed by atoms with Gasteiger partial charge in [-0.15, -0.1) is 22.7 Å². The normalized spacial score (nSPS) is 14.0. The van der Waals surface area contributed by atoms with Crippen LogP contribution in [0.15, 0.2) is 64.1 Å². The molecule has 3 aromatic heterocycles. The fourth-order valence-corrected chi connectivity index (χ4v) is 3.63. The number of thiophene rings is 2. The Morgan fingerprint density at radius 1 is 1.26 bits per heavy atom. The molecule has 6 heteroatoms. The molecule has 0 radical (unpaired) electrons. The summed E-state index contributed by atoms with van der Waals surface area (Å²) < 4.78 is 5.08.